The molecule has 4 heterocycles. The Kier molecular flexibility index (Phi) is 10.9. The number of halogens is 1. The van der Waals surface area contributed by atoms with Gasteiger partial charge in [-0.05, 0) is 83.3 Å². The fourth-order valence-corrected chi connectivity index (χ4v) is 8.31. The highest BCUT2D eigenvalue weighted by molar-refractivity contribution is 5.81. The predicted octanol–water partition coefficient (Wildman–Crippen LogP) is 1.56. The molecule has 3 saturated heterocycles. The largest absolute Gasteiger partial charge is 0.375 e. The summed E-state index contributed by atoms with van der Waals surface area (Å²) in [7, 11) is 0. The predicted molar refractivity (Wildman–Crippen MR) is 162 cm³/mol. The second kappa shape index (κ2) is 14.4. The van der Waals surface area contributed by atoms with Crippen LogP contribution in [0.5, 0.6) is 0 Å². The summed E-state index contributed by atoms with van der Waals surface area (Å²) in [6.45, 7) is 7.31. The molecule has 5 unspecified atom stereocenters. The third-order valence-corrected chi connectivity index (χ3v) is 10.8. The van der Waals surface area contributed by atoms with Crippen LogP contribution in [-0.2, 0) is 14.3 Å². The van der Waals surface area contributed by atoms with Crippen molar-refractivity contribution in [2.24, 2.45) is 33.7 Å². The minimum Gasteiger partial charge on any atom is -0.375 e. The zero-order chi connectivity index (χ0) is 29.7. The van der Waals surface area contributed by atoms with Gasteiger partial charge in [-0.1, -0.05) is 19.3 Å². The first-order valence-electron chi connectivity index (χ1n) is 16.6. The Bertz CT molecular complexity index is 931. The van der Waals surface area contributed by atoms with Gasteiger partial charge in [0.1, 0.15) is 6.17 Å². The second-order valence-electron chi connectivity index (χ2n) is 13.6. The van der Waals surface area contributed by atoms with E-state index in [4.69, 9.17) is 16.2 Å². The summed E-state index contributed by atoms with van der Waals surface area (Å²) in [5.41, 5.74) is 12.6. The number of alkyl halides is 1. The van der Waals surface area contributed by atoms with Crippen molar-refractivity contribution in [2.75, 3.05) is 45.9 Å². The smallest absolute Gasteiger partial charge is 0.228 e. The van der Waals surface area contributed by atoms with Crippen molar-refractivity contribution in [3.8, 4) is 0 Å². The molecule has 4 aliphatic heterocycles. The molecule has 10 nitrogen and oxygen atoms in total. The molecule has 2 amide bonds. The summed E-state index contributed by atoms with van der Waals surface area (Å²) >= 11 is 0. The Labute approximate surface area is 250 Å². The van der Waals surface area contributed by atoms with Crippen LogP contribution in [0.2, 0.25) is 0 Å². The van der Waals surface area contributed by atoms with Gasteiger partial charge in [-0.15, -0.1) is 0 Å². The van der Waals surface area contributed by atoms with E-state index in [1.165, 1.54) is 12.6 Å². The van der Waals surface area contributed by atoms with Gasteiger partial charge in [0, 0.05) is 44.4 Å². The van der Waals surface area contributed by atoms with Crippen LogP contribution < -0.4 is 22.1 Å². The van der Waals surface area contributed by atoms with Gasteiger partial charge in [0.2, 0.25) is 11.8 Å². The highest BCUT2D eigenvalue weighted by atomic mass is 19.1. The van der Waals surface area contributed by atoms with E-state index in [1.807, 2.05) is 11.8 Å². The molecule has 6 N–H and O–H groups in total. The molecule has 5 atom stereocenters. The Hall–Kier alpha value is -1.66. The highest BCUT2D eigenvalue weighted by Gasteiger charge is 2.43. The maximum Gasteiger partial charge on any atom is 0.228 e. The number of nitrogens with one attached hydrogen (secondary N) is 2. The molecule has 5 aliphatic rings. The number of amides is 2. The van der Waals surface area contributed by atoms with E-state index in [-0.39, 0.29) is 41.3 Å². The third kappa shape index (κ3) is 7.52. The molecule has 5 rings (SSSR count). The van der Waals surface area contributed by atoms with Crippen molar-refractivity contribution >= 4 is 18.0 Å². The first-order valence-corrected chi connectivity index (χ1v) is 16.6. The third-order valence-electron chi connectivity index (χ3n) is 10.8. The topological polar surface area (TPSA) is 138 Å². The molecule has 1 saturated carbocycles. The van der Waals surface area contributed by atoms with Gasteiger partial charge >= 0.3 is 0 Å². The van der Waals surface area contributed by atoms with E-state index in [0.717, 1.165) is 77.4 Å². The summed E-state index contributed by atoms with van der Waals surface area (Å²) in [6, 6.07) is -0.354. The highest BCUT2D eigenvalue weighted by Crippen LogP contribution is 2.46. The van der Waals surface area contributed by atoms with Crippen LogP contribution in [0.3, 0.4) is 0 Å². The minimum atomic E-state index is -1.10. The van der Waals surface area contributed by atoms with Gasteiger partial charge in [-0.3, -0.25) is 19.5 Å². The van der Waals surface area contributed by atoms with Crippen molar-refractivity contribution in [3.05, 3.63) is 0 Å². The van der Waals surface area contributed by atoms with Crippen molar-refractivity contribution in [1.29, 1.82) is 0 Å². The number of hydrogen-bond donors (Lipinski definition) is 4. The lowest BCUT2D eigenvalue weighted by Gasteiger charge is -2.46. The fraction of sp³-hybridized carbons (Fsp3) is 0.903. The lowest BCUT2D eigenvalue weighted by Crippen LogP contribution is -2.64. The molecule has 0 radical (unpaired) electrons. The van der Waals surface area contributed by atoms with Crippen LogP contribution in [0.1, 0.15) is 77.6 Å². The van der Waals surface area contributed by atoms with Crippen LogP contribution in [0.15, 0.2) is 4.99 Å². The van der Waals surface area contributed by atoms with Gasteiger partial charge in [0.25, 0.3) is 0 Å². The van der Waals surface area contributed by atoms with Crippen molar-refractivity contribution in [1.82, 2.24) is 20.4 Å². The molecule has 238 valence electrons. The number of nitrogens with zero attached hydrogens (tertiary/aromatic N) is 3. The van der Waals surface area contributed by atoms with Crippen molar-refractivity contribution < 1.29 is 18.7 Å². The summed E-state index contributed by atoms with van der Waals surface area (Å²) < 4.78 is 20.3. The van der Waals surface area contributed by atoms with Crippen LogP contribution in [-0.4, -0.2) is 110 Å². The number of carbonyl (C=O) groups is 2. The van der Waals surface area contributed by atoms with Crippen LogP contribution in [0.4, 0.5) is 4.39 Å². The molecule has 0 aromatic heterocycles. The zero-order valence-electron chi connectivity index (χ0n) is 25.5. The molecular weight excluding hydrogens is 537 g/mol. The quantitative estimate of drug-likeness (QED) is 0.314. The number of rotatable bonds is 8. The minimum absolute atomic E-state index is 0.00906. The van der Waals surface area contributed by atoms with Gasteiger partial charge in [0.15, 0.2) is 0 Å². The average molecular weight is 592 g/mol. The second-order valence-corrected chi connectivity index (χ2v) is 13.6. The molecule has 1 spiro atoms. The first-order chi connectivity index (χ1) is 20.3. The molecule has 11 heteroatoms. The number of nitrogens with two attached hydrogens (primary N) is 2. The number of piperidine rings is 2. The molecule has 4 fully saturated rings. The average Bonchev–Trinajstić information content (AvgIpc) is 2.96. The SMILES string of the molecule is CCOC1CN(C(=O)C2CCN(C3CCNCC3NC(=O)C(C(N)N)C3CC4(CCCCC4)CCC(F)/C=N\3)CC2)C1. The van der Waals surface area contributed by atoms with Gasteiger partial charge in [-0.2, -0.15) is 0 Å². The van der Waals surface area contributed by atoms with Gasteiger partial charge < -0.3 is 31.7 Å². The Morgan fingerprint density at radius 3 is 2.55 bits per heavy atom. The van der Waals surface area contributed by atoms with E-state index < -0.39 is 24.3 Å². The fourth-order valence-electron chi connectivity index (χ4n) is 8.31. The van der Waals surface area contributed by atoms with Gasteiger partial charge in [0.05, 0.1) is 30.3 Å². The molecular formula is C31H54FN7O3. The van der Waals surface area contributed by atoms with E-state index >= 15 is 0 Å². The maximum atomic E-state index is 14.7. The zero-order valence-corrected chi connectivity index (χ0v) is 25.5. The number of carbonyl (C=O) groups excluding carboxylic acids is 2. The summed E-state index contributed by atoms with van der Waals surface area (Å²) in [4.78, 5) is 35.9. The molecule has 0 aromatic rings. The van der Waals surface area contributed by atoms with E-state index in [2.05, 4.69) is 20.5 Å². The monoisotopic (exact) mass is 591 g/mol. The van der Waals surface area contributed by atoms with Crippen molar-refractivity contribution in [2.45, 2.75) is 114 Å². The summed E-state index contributed by atoms with van der Waals surface area (Å²) in [6.07, 6.45) is 9.81. The standard InChI is InChI=1S/C31H54FN7O3/c1-2-42-23-19-39(20-23)30(41)21-8-14-38(15-9-21)26-7-13-35-18-25(26)37-29(40)27(28(33)34)24-16-31(10-4-3-5-11-31)12-6-22(32)17-36-24/h17,21-28,35H,2-16,18-20,33-34H2,1H3,(H,37,40)/b36-17-. The molecule has 0 bridgehead atoms. The Balaban J connectivity index is 1.20. The van der Waals surface area contributed by atoms with Crippen LogP contribution in [0.25, 0.3) is 0 Å². The normalized spacial score (nSPS) is 33.0. The summed E-state index contributed by atoms with van der Waals surface area (Å²) in [5.74, 6) is -0.582. The number of aliphatic imine (C=N–C) groups is 1. The van der Waals surface area contributed by atoms with Crippen LogP contribution >= 0.6 is 0 Å². The lowest BCUT2D eigenvalue weighted by atomic mass is 9.65. The Morgan fingerprint density at radius 2 is 1.86 bits per heavy atom. The van der Waals surface area contributed by atoms with E-state index in [0.29, 0.717) is 32.7 Å². The first kappa shape index (κ1) is 31.8. The number of ether oxygens (including phenoxy) is 1. The molecule has 1 aliphatic carbocycles. The number of likely N-dealkylation sites (tertiary alicyclic amines) is 2. The van der Waals surface area contributed by atoms with E-state index in [1.54, 1.807) is 0 Å². The molecule has 42 heavy (non-hydrogen) atoms. The Morgan fingerprint density at radius 1 is 1.12 bits per heavy atom. The van der Waals surface area contributed by atoms with Crippen molar-refractivity contribution in [3.63, 3.8) is 0 Å². The molecule has 0 aromatic carbocycles. The van der Waals surface area contributed by atoms with E-state index in [9.17, 15) is 14.0 Å². The lowest BCUT2D eigenvalue weighted by molar-refractivity contribution is -0.150. The summed E-state index contributed by atoms with van der Waals surface area (Å²) in [5, 5.41) is 6.75. The maximum absolute atomic E-state index is 14.7. The van der Waals surface area contributed by atoms with Gasteiger partial charge in [-0.25, -0.2) is 4.39 Å². The van der Waals surface area contributed by atoms with Crippen LogP contribution in [0, 0.1) is 17.3 Å². The number of hydrogen-bond acceptors (Lipinski definition) is 8.